The molecule has 0 fully saturated rings. The Morgan fingerprint density at radius 3 is 2.09 bits per heavy atom. The van der Waals surface area contributed by atoms with E-state index in [0.29, 0.717) is 16.9 Å². The molecule has 0 aliphatic carbocycles. The first-order valence-electron chi connectivity index (χ1n) is 7.51. The standard InChI is InChI=1S/C16H22N4O2S/c1-5-8-17-14-6-7-15(19-18-14)20-23(21,22)16-12(3)9-11(2)10-13(16)4/h6-7,9-10H,5,8H2,1-4H3,(H,17,18)(H,19,20). The third kappa shape index (κ3) is 4.19. The number of hydrogen-bond acceptors (Lipinski definition) is 5. The van der Waals surface area contributed by atoms with Gasteiger partial charge in [-0.1, -0.05) is 24.6 Å². The van der Waals surface area contributed by atoms with Gasteiger partial charge in [0.05, 0.1) is 4.90 Å². The van der Waals surface area contributed by atoms with Crippen LogP contribution in [0.5, 0.6) is 0 Å². The van der Waals surface area contributed by atoms with Crippen molar-refractivity contribution in [3.05, 3.63) is 41.0 Å². The van der Waals surface area contributed by atoms with Gasteiger partial charge in [-0.2, -0.15) is 0 Å². The Morgan fingerprint density at radius 2 is 1.57 bits per heavy atom. The first-order valence-corrected chi connectivity index (χ1v) is 9.00. The average molecular weight is 334 g/mol. The number of anilines is 2. The lowest BCUT2D eigenvalue weighted by molar-refractivity contribution is 0.599. The Hall–Kier alpha value is -2.15. The number of nitrogens with zero attached hydrogens (tertiary/aromatic N) is 2. The molecule has 1 aromatic heterocycles. The van der Waals surface area contributed by atoms with E-state index in [1.807, 2.05) is 19.1 Å². The van der Waals surface area contributed by atoms with Crippen molar-refractivity contribution >= 4 is 21.7 Å². The maximum Gasteiger partial charge on any atom is 0.263 e. The number of sulfonamides is 1. The van der Waals surface area contributed by atoms with Crippen LogP contribution in [0.3, 0.4) is 0 Å². The van der Waals surface area contributed by atoms with E-state index >= 15 is 0 Å². The maximum absolute atomic E-state index is 12.6. The fourth-order valence-corrected chi connectivity index (χ4v) is 3.97. The third-order valence-electron chi connectivity index (χ3n) is 3.33. The number of hydrogen-bond donors (Lipinski definition) is 2. The summed E-state index contributed by atoms with van der Waals surface area (Å²) < 4.78 is 27.7. The van der Waals surface area contributed by atoms with E-state index in [1.165, 1.54) is 0 Å². The summed E-state index contributed by atoms with van der Waals surface area (Å²) >= 11 is 0. The predicted molar refractivity (Wildman–Crippen MR) is 92.3 cm³/mol. The van der Waals surface area contributed by atoms with Crippen LogP contribution in [0.15, 0.2) is 29.2 Å². The Bertz CT molecular complexity index is 763. The molecule has 2 aromatic rings. The van der Waals surface area contributed by atoms with Crippen LogP contribution in [0.25, 0.3) is 0 Å². The van der Waals surface area contributed by atoms with Crippen LogP contribution in [0.1, 0.15) is 30.0 Å². The number of aryl methyl sites for hydroxylation is 3. The van der Waals surface area contributed by atoms with Gasteiger partial charge in [0.15, 0.2) is 5.82 Å². The Balaban J connectivity index is 2.25. The van der Waals surface area contributed by atoms with Gasteiger partial charge in [-0.25, -0.2) is 8.42 Å². The van der Waals surface area contributed by atoms with E-state index in [2.05, 4.69) is 27.2 Å². The molecule has 2 rings (SSSR count). The molecule has 0 saturated carbocycles. The summed E-state index contributed by atoms with van der Waals surface area (Å²) in [5.74, 6) is 0.823. The summed E-state index contributed by atoms with van der Waals surface area (Å²) in [7, 11) is -3.69. The van der Waals surface area contributed by atoms with E-state index < -0.39 is 10.0 Å². The molecule has 0 radical (unpaired) electrons. The SMILES string of the molecule is CCCNc1ccc(NS(=O)(=O)c2c(C)cc(C)cc2C)nn1. The van der Waals surface area contributed by atoms with Crippen molar-refractivity contribution in [3.8, 4) is 0 Å². The summed E-state index contributed by atoms with van der Waals surface area (Å²) in [6.07, 6.45) is 0.974. The van der Waals surface area contributed by atoms with Gasteiger partial charge in [0.2, 0.25) is 0 Å². The largest absolute Gasteiger partial charge is 0.369 e. The summed E-state index contributed by atoms with van der Waals surface area (Å²) in [5, 5.41) is 11.0. The highest BCUT2D eigenvalue weighted by Gasteiger charge is 2.20. The minimum atomic E-state index is -3.69. The van der Waals surface area contributed by atoms with Crippen molar-refractivity contribution in [1.82, 2.24) is 10.2 Å². The van der Waals surface area contributed by atoms with Crippen molar-refractivity contribution in [3.63, 3.8) is 0 Å². The topological polar surface area (TPSA) is 84.0 Å². The lowest BCUT2D eigenvalue weighted by Crippen LogP contribution is -2.17. The molecule has 7 heteroatoms. The van der Waals surface area contributed by atoms with Crippen LogP contribution in [0.4, 0.5) is 11.6 Å². The molecule has 6 nitrogen and oxygen atoms in total. The molecule has 0 bridgehead atoms. The second-order valence-electron chi connectivity index (χ2n) is 5.56. The number of benzene rings is 1. The quantitative estimate of drug-likeness (QED) is 0.848. The molecule has 0 saturated heterocycles. The molecule has 0 amide bonds. The Morgan fingerprint density at radius 1 is 1.00 bits per heavy atom. The predicted octanol–water partition coefficient (Wildman–Crippen LogP) is 3.02. The number of aromatic nitrogens is 2. The van der Waals surface area contributed by atoms with Crippen molar-refractivity contribution < 1.29 is 8.42 Å². The zero-order valence-electron chi connectivity index (χ0n) is 13.8. The molecule has 0 aliphatic rings. The van der Waals surface area contributed by atoms with Crippen molar-refractivity contribution in [1.29, 1.82) is 0 Å². The summed E-state index contributed by atoms with van der Waals surface area (Å²) in [4.78, 5) is 0.290. The fraction of sp³-hybridized carbons (Fsp3) is 0.375. The highest BCUT2D eigenvalue weighted by molar-refractivity contribution is 7.92. The van der Waals surface area contributed by atoms with E-state index in [0.717, 1.165) is 18.5 Å². The molecule has 0 atom stereocenters. The van der Waals surface area contributed by atoms with Gasteiger partial charge in [-0.05, 0) is 50.5 Å². The first-order chi connectivity index (χ1) is 10.8. The second kappa shape index (κ2) is 6.95. The minimum Gasteiger partial charge on any atom is -0.369 e. The summed E-state index contributed by atoms with van der Waals surface area (Å²) in [6.45, 7) is 8.37. The molecular weight excluding hydrogens is 312 g/mol. The summed E-state index contributed by atoms with van der Waals surface area (Å²) in [5.41, 5.74) is 2.46. The van der Waals surface area contributed by atoms with Crippen LogP contribution in [0, 0.1) is 20.8 Å². The third-order valence-corrected chi connectivity index (χ3v) is 4.99. The molecule has 124 valence electrons. The summed E-state index contributed by atoms with van der Waals surface area (Å²) in [6, 6.07) is 7.01. The van der Waals surface area contributed by atoms with E-state index in [1.54, 1.807) is 26.0 Å². The molecule has 1 aromatic carbocycles. The molecule has 2 N–H and O–H groups in total. The van der Waals surface area contributed by atoms with Gasteiger partial charge in [0.1, 0.15) is 5.82 Å². The lowest BCUT2D eigenvalue weighted by atomic mass is 10.1. The lowest BCUT2D eigenvalue weighted by Gasteiger charge is -2.13. The maximum atomic E-state index is 12.6. The molecular formula is C16H22N4O2S. The van der Waals surface area contributed by atoms with Crippen LogP contribution in [-0.4, -0.2) is 25.2 Å². The van der Waals surface area contributed by atoms with Crippen molar-refractivity contribution in [2.24, 2.45) is 0 Å². The molecule has 0 spiro atoms. The van der Waals surface area contributed by atoms with Gasteiger partial charge >= 0.3 is 0 Å². The van der Waals surface area contributed by atoms with E-state index in [9.17, 15) is 8.42 Å². The highest BCUT2D eigenvalue weighted by atomic mass is 32.2. The molecule has 23 heavy (non-hydrogen) atoms. The number of nitrogens with one attached hydrogen (secondary N) is 2. The van der Waals surface area contributed by atoms with Crippen LogP contribution < -0.4 is 10.0 Å². The van der Waals surface area contributed by atoms with Crippen LogP contribution in [-0.2, 0) is 10.0 Å². The molecule has 0 aliphatic heterocycles. The van der Waals surface area contributed by atoms with Gasteiger partial charge in [-0.3, -0.25) is 4.72 Å². The average Bonchev–Trinajstić information content (AvgIpc) is 2.44. The first kappa shape index (κ1) is 17.2. The zero-order valence-corrected chi connectivity index (χ0v) is 14.7. The zero-order chi connectivity index (χ0) is 17.0. The van der Waals surface area contributed by atoms with E-state index in [-0.39, 0.29) is 10.7 Å². The monoisotopic (exact) mass is 334 g/mol. The number of rotatable bonds is 6. The van der Waals surface area contributed by atoms with Gasteiger partial charge in [-0.15, -0.1) is 10.2 Å². The highest BCUT2D eigenvalue weighted by Crippen LogP contribution is 2.23. The van der Waals surface area contributed by atoms with Gasteiger partial charge in [0.25, 0.3) is 10.0 Å². The molecule has 1 heterocycles. The van der Waals surface area contributed by atoms with Gasteiger partial charge < -0.3 is 5.32 Å². The van der Waals surface area contributed by atoms with Gasteiger partial charge in [0, 0.05) is 6.54 Å². The van der Waals surface area contributed by atoms with Crippen molar-refractivity contribution in [2.45, 2.75) is 39.0 Å². The minimum absolute atomic E-state index is 0.200. The molecule has 0 unspecified atom stereocenters. The van der Waals surface area contributed by atoms with Crippen LogP contribution >= 0.6 is 0 Å². The fourth-order valence-electron chi connectivity index (χ4n) is 2.51. The normalized spacial score (nSPS) is 11.3. The second-order valence-corrected chi connectivity index (χ2v) is 7.18. The van der Waals surface area contributed by atoms with E-state index in [4.69, 9.17) is 0 Å². The van der Waals surface area contributed by atoms with Crippen molar-refractivity contribution in [2.75, 3.05) is 16.6 Å². The smallest absolute Gasteiger partial charge is 0.263 e. The Labute approximate surface area is 137 Å². The Kier molecular flexibility index (Phi) is 5.20. The van der Waals surface area contributed by atoms with Crippen LogP contribution in [0.2, 0.25) is 0 Å².